The quantitative estimate of drug-likeness (QED) is 0.327. The van der Waals surface area contributed by atoms with E-state index in [2.05, 4.69) is 54.6 Å². The van der Waals surface area contributed by atoms with Gasteiger partial charge in [-0.1, -0.05) is 60.1 Å². The fourth-order valence-corrected chi connectivity index (χ4v) is 4.52. The van der Waals surface area contributed by atoms with Gasteiger partial charge >= 0.3 is 0 Å². The highest BCUT2D eigenvalue weighted by Crippen LogP contribution is 2.39. The summed E-state index contributed by atoms with van der Waals surface area (Å²) in [5, 5.41) is 6.06. The normalized spacial score (nSPS) is 14.0. The molecule has 0 spiro atoms. The molecule has 0 fully saturated rings. The molecule has 1 radical (unpaired) electrons. The highest BCUT2D eigenvalue weighted by atomic mass is 35.5. The lowest BCUT2D eigenvalue weighted by Gasteiger charge is -2.20. The number of fused-ring (bicyclic) bond motifs is 5. The van der Waals surface area contributed by atoms with Crippen LogP contribution in [0.1, 0.15) is 24.0 Å². The van der Waals surface area contributed by atoms with Gasteiger partial charge in [0.15, 0.2) is 0 Å². The molecule has 0 unspecified atom stereocenters. The summed E-state index contributed by atoms with van der Waals surface area (Å²) < 4.78 is 0. The molecule has 0 aromatic heterocycles. The molecular weight excluding hydrogens is 324 g/mol. The van der Waals surface area contributed by atoms with E-state index in [0.29, 0.717) is 0 Å². The molecule has 0 N–H and O–H groups in total. The Morgan fingerprint density at radius 2 is 1.60 bits per heavy atom. The highest BCUT2D eigenvalue weighted by Gasteiger charge is 2.15. The fraction of sp³-hybridized carbons (Fsp3) is 0.167. The Morgan fingerprint density at radius 1 is 0.800 bits per heavy atom. The van der Waals surface area contributed by atoms with Crippen LogP contribution in [-0.4, -0.2) is 0 Å². The Kier molecular flexibility index (Phi) is 3.53. The van der Waals surface area contributed by atoms with Crippen molar-refractivity contribution >= 4 is 33.1 Å². The van der Waals surface area contributed by atoms with E-state index in [9.17, 15) is 0 Å². The first-order valence-electron chi connectivity index (χ1n) is 8.94. The molecule has 0 amide bonds. The lowest BCUT2D eigenvalue weighted by atomic mass is 9.85. The summed E-state index contributed by atoms with van der Waals surface area (Å²) in [6, 6.07) is 24.6. The van der Waals surface area contributed by atoms with Gasteiger partial charge in [0, 0.05) is 5.02 Å². The number of aryl methyl sites for hydroxylation is 2. The van der Waals surface area contributed by atoms with Crippen molar-refractivity contribution in [3.05, 3.63) is 82.9 Å². The summed E-state index contributed by atoms with van der Waals surface area (Å²) in [6.07, 6.45) is 5.02. The van der Waals surface area contributed by atoms with Gasteiger partial charge in [0.25, 0.3) is 0 Å². The topological polar surface area (TPSA) is 0 Å². The predicted molar refractivity (Wildman–Crippen MR) is 107 cm³/mol. The van der Waals surface area contributed by atoms with Crippen LogP contribution in [0.25, 0.3) is 32.7 Å². The molecule has 0 saturated carbocycles. The Labute approximate surface area is 153 Å². The first kappa shape index (κ1) is 15.0. The van der Waals surface area contributed by atoms with Crippen molar-refractivity contribution in [1.82, 2.24) is 0 Å². The Balaban J connectivity index is 1.92. The third-order valence-corrected chi connectivity index (χ3v) is 5.66. The lowest BCUT2D eigenvalue weighted by Crippen LogP contribution is -2.03. The molecular formula is C24H18Cl. The minimum absolute atomic E-state index is 0.785. The number of hydrogen-bond donors (Lipinski definition) is 0. The molecule has 121 valence electrons. The maximum Gasteiger partial charge on any atom is 0.0418 e. The van der Waals surface area contributed by atoms with Crippen LogP contribution >= 0.6 is 11.6 Å². The van der Waals surface area contributed by atoms with Gasteiger partial charge in [0.2, 0.25) is 0 Å². The van der Waals surface area contributed by atoms with Crippen molar-refractivity contribution in [1.29, 1.82) is 0 Å². The van der Waals surface area contributed by atoms with E-state index in [1.165, 1.54) is 63.9 Å². The van der Waals surface area contributed by atoms with Gasteiger partial charge in [-0.05, 0) is 87.7 Å². The molecule has 0 bridgehead atoms. The minimum Gasteiger partial charge on any atom is -0.0843 e. The Bertz CT molecular complexity index is 1090. The molecule has 5 rings (SSSR count). The van der Waals surface area contributed by atoms with E-state index in [1.54, 1.807) is 5.56 Å². The number of rotatable bonds is 1. The first-order valence-corrected chi connectivity index (χ1v) is 9.32. The van der Waals surface area contributed by atoms with Crippen molar-refractivity contribution in [2.75, 3.05) is 0 Å². The van der Waals surface area contributed by atoms with Gasteiger partial charge in [-0.25, -0.2) is 0 Å². The average Bonchev–Trinajstić information content (AvgIpc) is 2.67. The van der Waals surface area contributed by atoms with Gasteiger partial charge in [0.05, 0.1) is 0 Å². The van der Waals surface area contributed by atoms with Crippen molar-refractivity contribution < 1.29 is 0 Å². The maximum absolute atomic E-state index is 6.43. The van der Waals surface area contributed by atoms with Crippen LogP contribution < -0.4 is 0 Å². The van der Waals surface area contributed by atoms with Crippen molar-refractivity contribution in [3.8, 4) is 11.1 Å². The van der Waals surface area contributed by atoms with Crippen LogP contribution in [0.15, 0.2) is 60.7 Å². The van der Waals surface area contributed by atoms with Crippen LogP contribution in [0.2, 0.25) is 5.02 Å². The molecule has 0 atom stereocenters. The number of hydrogen-bond acceptors (Lipinski definition) is 0. The summed E-state index contributed by atoms with van der Waals surface area (Å²) >= 11 is 6.43. The van der Waals surface area contributed by atoms with Crippen LogP contribution in [0.5, 0.6) is 0 Å². The van der Waals surface area contributed by atoms with Crippen LogP contribution in [0.4, 0.5) is 0 Å². The second-order valence-electron chi connectivity index (χ2n) is 6.91. The Morgan fingerprint density at radius 3 is 2.48 bits per heavy atom. The van der Waals surface area contributed by atoms with E-state index < -0.39 is 0 Å². The zero-order valence-electron chi connectivity index (χ0n) is 14.0. The van der Waals surface area contributed by atoms with E-state index in [4.69, 9.17) is 11.6 Å². The van der Waals surface area contributed by atoms with Gasteiger partial charge in [-0.2, -0.15) is 0 Å². The van der Waals surface area contributed by atoms with Crippen molar-refractivity contribution in [2.45, 2.75) is 25.7 Å². The van der Waals surface area contributed by atoms with Gasteiger partial charge in [0.1, 0.15) is 0 Å². The Hall–Kier alpha value is -2.31. The zero-order valence-corrected chi connectivity index (χ0v) is 14.7. The molecule has 1 heteroatoms. The zero-order chi connectivity index (χ0) is 16.8. The predicted octanol–water partition coefficient (Wildman–Crippen LogP) is 6.99. The molecule has 1 aliphatic carbocycles. The van der Waals surface area contributed by atoms with Crippen LogP contribution in [0.3, 0.4) is 0 Å². The summed E-state index contributed by atoms with van der Waals surface area (Å²) in [5.74, 6) is 0. The monoisotopic (exact) mass is 341 g/mol. The molecule has 0 aliphatic heterocycles. The second-order valence-corrected chi connectivity index (χ2v) is 7.35. The molecule has 0 heterocycles. The molecule has 0 nitrogen and oxygen atoms in total. The molecule has 1 aliphatic rings. The third kappa shape index (κ3) is 2.44. The second kappa shape index (κ2) is 5.89. The third-order valence-electron chi connectivity index (χ3n) is 5.44. The van der Waals surface area contributed by atoms with E-state index in [-0.39, 0.29) is 0 Å². The van der Waals surface area contributed by atoms with Gasteiger partial charge in [-0.3, -0.25) is 0 Å². The van der Waals surface area contributed by atoms with Gasteiger partial charge < -0.3 is 0 Å². The largest absolute Gasteiger partial charge is 0.0843 e. The molecule has 4 aromatic rings. The standard InChI is InChI=1S/C24H18Cl/c25-19-14-18-11-12-21-20-9-5-4-8-17(20)10-13-22(21)24(18)23(15-19)16-6-2-1-3-7-16/h2-3,6-7,10-15H,4-5,8-9H2. The van der Waals surface area contributed by atoms with Crippen molar-refractivity contribution in [3.63, 3.8) is 0 Å². The van der Waals surface area contributed by atoms with Crippen molar-refractivity contribution in [2.24, 2.45) is 0 Å². The summed E-state index contributed by atoms with van der Waals surface area (Å²) in [5.41, 5.74) is 5.48. The maximum atomic E-state index is 6.43. The summed E-state index contributed by atoms with van der Waals surface area (Å²) in [4.78, 5) is 0. The number of halogens is 1. The summed E-state index contributed by atoms with van der Waals surface area (Å²) in [6.45, 7) is 0. The lowest BCUT2D eigenvalue weighted by molar-refractivity contribution is 0.690. The summed E-state index contributed by atoms with van der Waals surface area (Å²) in [7, 11) is 0. The van der Waals surface area contributed by atoms with Gasteiger partial charge in [-0.15, -0.1) is 0 Å². The van der Waals surface area contributed by atoms with Crippen LogP contribution in [0, 0.1) is 6.07 Å². The first-order chi connectivity index (χ1) is 12.3. The van der Waals surface area contributed by atoms with E-state index >= 15 is 0 Å². The average molecular weight is 342 g/mol. The smallest absolute Gasteiger partial charge is 0.0418 e. The molecule has 25 heavy (non-hydrogen) atoms. The van der Waals surface area contributed by atoms with E-state index in [1.807, 2.05) is 12.1 Å². The fourth-order valence-electron chi connectivity index (χ4n) is 4.29. The number of benzene rings is 4. The minimum atomic E-state index is 0.785. The SMILES string of the molecule is Clc1cc(-c2cc[c]cc2)c2c(ccc3c4c(ccc32)CCCC4)c1. The highest BCUT2D eigenvalue weighted by molar-refractivity contribution is 6.32. The van der Waals surface area contributed by atoms with E-state index in [0.717, 1.165) is 5.02 Å². The molecule has 4 aromatic carbocycles. The van der Waals surface area contributed by atoms with Crippen LogP contribution in [-0.2, 0) is 12.8 Å². The molecule has 0 saturated heterocycles.